The molecular weight excluding hydrogens is 1140 g/mol. The maximum absolute atomic E-state index is 5.81. The first-order valence-electron chi connectivity index (χ1n) is 33.2. The molecule has 0 aliphatic heterocycles. The predicted molar refractivity (Wildman–Crippen MR) is 387 cm³/mol. The SMILES string of the molecule is CCCCOc1ccc(N(CCCCOC)c2ccc(OCCCC)cc2)cc1.COCCCCN(c1ccc(C)cc1)c1ccc(C)cc1.COCCCCN(c1ccc(OC)cc1)c1ccc(OC)cc1.COCCCCN(c1ccccc1)c1ccccc1. The highest BCUT2D eigenvalue weighted by Crippen LogP contribution is 2.32. The number of anilines is 8. The zero-order chi connectivity index (χ0) is 65.6. The van der Waals surface area contributed by atoms with Crippen LogP contribution in [-0.4, -0.2) is 108 Å². The quantitative estimate of drug-likeness (QED) is 0.0345. The van der Waals surface area contributed by atoms with Gasteiger partial charge in [0.15, 0.2) is 0 Å². The predicted octanol–water partition coefficient (Wildman–Crippen LogP) is 20.0. The molecule has 0 bridgehead atoms. The van der Waals surface area contributed by atoms with Crippen molar-refractivity contribution in [2.45, 2.75) is 105 Å². The van der Waals surface area contributed by atoms with Crippen molar-refractivity contribution < 1.29 is 37.9 Å². The summed E-state index contributed by atoms with van der Waals surface area (Å²) in [4.78, 5) is 9.39. The Kier molecular flexibility index (Phi) is 37.5. The van der Waals surface area contributed by atoms with Gasteiger partial charge in [-0.05, 0) is 224 Å². The molecule has 0 atom stereocenters. The van der Waals surface area contributed by atoms with E-state index in [0.29, 0.717) is 0 Å². The van der Waals surface area contributed by atoms with Crippen molar-refractivity contribution in [1.82, 2.24) is 0 Å². The van der Waals surface area contributed by atoms with Crippen LogP contribution in [0.1, 0.15) is 102 Å². The van der Waals surface area contributed by atoms with Crippen molar-refractivity contribution in [3.05, 3.63) is 217 Å². The molecule has 0 aromatic heterocycles. The van der Waals surface area contributed by atoms with E-state index in [2.05, 4.69) is 229 Å². The first-order valence-corrected chi connectivity index (χ1v) is 33.2. The molecule has 12 heteroatoms. The van der Waals surface area contributed by atoms with E-state index in [4.69, 9.17) is 37.9 Å². The molecule has 0 heterocycles. The summed E-state index contributed by atoms with van der Waals surface area (Å²) in [6.07, 6.45) is 13.1. The Labute approximate surface area is 553 Å². The van der Waals surface area contributed by atoms with Crippen LogP contribution in [0.15, 0.2) is 206 Å². The Morgan fingerprint density at radius 1 is 0.239 bits per heavy atom. The number of ether oxygens (including phenoxy) is 8. The van der Waals surface area contributed by atoms with Gasteiger partial charge in [0.25, 0.3) is 0 Å². The minimum absolute atomic E-state index is 0.774. The molecule has 0 amide bonds. The van der Waals surface area contributed by atoms with Crippen LogP contribution in [0.25, 0.3) is 0 Å². The Balaban J connectivity index is 0.000000225. The van der Waals surface area contributed by atoms with Gasteiger partial charge in [0.05, 0.1) is 27.4 Å². The van der Waals surface area contributed by atoms with Crippen molar-refractivity contribution in [2.75, 3.05) is 128 Å². The molecule has 8 aromatic rings. The van der Waals surface area contributed by atoms with E-state index in [1.807, 2.05) is 24.3 Å². The van der Waals surface area contributed by atoms with Crippen LogP contribution in [0.2, 0.25) is 0 Å². The van der Waals surface area contributed by atoms with E-state index in [1.165, 1.54) is 45.3 Å². The summed E-state index contributed by atoms with van der Waals surface area (Å²) in [6, 6.07) is 71.7. The van der Waals surface area contributed by atoms with E-state index >= 15 is 0 Å². The Morgan fingerprint density at radius 2 is 0.467 bits per heavy atom. The number of para-hydroxylation sites is 2. The second kappa shape index (κ2) is 46.1. The van der Waals surface area contributed by atoms with Crippen molar-refractivity contribution in [2.24, 2.45) is 0 Å². The fourth-order valence-corrected chi connectivity index (χ4v) is 10.00. The van der Waals surface area contributed by atoms with Gasteiger partial charge in [-0.15, -0.1) is 0 Å². The summed E-state index contributed by atoms with van der Waals surface area (Å²) in [5, 5.41) is 0. The van der Waals surface area contributed by atoms with Crippen LogP contribution < -0.4 is 38.5 Å². The van der Waals surface area contributed by atoms with Gasteiger partial charge < -0.3 is 57.5 Å². The summed E-state index contributed by atoms with van der Waals surface area (Å²) >= 11 is 0. The number of hydrogen-bond donors (Lipinski definition) is 0. The lowest BCUT2D eigenvalue weighted by atomic mass is 10.1. The highest BCUT2D eigenvalue weighted by atomic mass is 16.5. The molecule has 12 nitrogen and oxygen atoms in total. The highest BCUT2D eigenvalue weighted by Gasteiger charge is 2.14. The number of rotatable bonds is 38. The average Bonchev–Trinajstić information content (AvgIpc) is 2.22. The van der Waals surface area contributed by atoms with Crippen LogP contribution in [0, 0.1) is 13.8 Å². The zero-order valence-electron chi connectivity index (χ0n) is 57.2. The molecule has 0 fully saturated rings. The van der Waals surface area contributed by atoms with E-state index in [9.17, 15) is 0 Å². The lowest BCUT2D eigenvalue weighted by Gasteiger charge is -2.25. The maximum Gasteiger partial charge on any atom is 0.119 e. The summed E-state index contributed by atoms with van der Waals surface area (Å²) in [5.41, 5.74) is 12.2. The van der Waals surface area contributed by atoms with Gasteiger partial charge in [-0.1, -0.05) is 98.5 Å². The topological polar surface area (TPSA) is 86.8 Å². The standard InChI is InChI=1S/C25H37NO3.C19H25NO3.C19H25NO.C17H21NO/c1-4-6-20-28-24-14-10-22(11-15-24)26(18-8-9-19-27-3)23-12-16-25(17-13-23)29-21-7-5-2;1-21-15-5-4-14-20(16-6-10-18(22-2)11-7-16)17-8-12-19(23-3)13-9-17;1-16-6-10-18(11-7-16)20(14-4-5-15-21-3)19-12-8-17(2)9-13-19;1-19-15-9-8-14-18(16-10-4-2-5-11-16)17-12-6-3-7-13-17/h10-17H,4-9,18-21H2,1-3H3;6-13H,4-5,14-15H2,1-3H3;6-13H,4-5,14-15H2,1-3H3;2-7,10-13H,8-9,14-15H2,1H3. The fourth-order valence-electron chi connectivity index (χ4n) is 10.00. The van der Waals surface area contributed by atoms with Crippen molar-refractivity contribution >= 4 is 45.5 Å². The third-order valence-corrected chi connectivity index (χ3v) is 15.3. The molecule has 0 unspecified atom stereocenters. The van der Waals surface area contributed by atoms with Crippen LogP contribution in [0.5, 0.6) is 23.0 Å². The van der Waals surface area contributed by atoms with Crippen LogP contribution >= 0.6 is 0 Å². The Morgan fingerprint density at radius 3 is 0.696 bits per heavy atom. The number of hydrogen-bond acceptors (Lipinski definition) is 12. The van der Waals surface area contributed by atoms with E-state index in [-0.39, 0.29) is 0 Å². The zero-order valence-corrected chi connectivity index (χ0v) is 57.2. The number of methoxy groups -OCH3 is 6. The minimum Gasteiger partial charge on any atom is -0.497 e. The average molecular weight is 1250 g/mol. The van der Waals surface area contributed by atoms with Crippen LogP contribution in [0.4, 0.5) is 45.5 Å². The van der Waals surface area contributed by atoms with Gasteiger partial charge in [0.2, 0.25) is 0 Å². The lowest BCUT2D eigenvalue weighted by molar-refractivity contribution is 0.193. The fraction of sp³-hybridized carbons (Fsp3) is 0.400. The molecule has 0 saturated carbocycles. The molecule has 0 radical (unpaired) electrons. The smallest absolute Gasteiger partial charge is 0.119 e. The Hall–Kier alpha value is -8.00. The number of nitrogens with zero attached hydrogens (tertiary/aromatic N) is 4. The third kappa shape index (κ3) is 28.3. The number of unbranched alkanes of at least 4 members (excludes halogenated alkanes) is 6. The van der Waals surface area contributed by atoms with Crippen molar-refractivity contribution in [1.29, 1.82) is 0 Å². The molecule has 0 aliphatic rings. The van der Waals surface area contributed by atoms with Gasteiger partial charge in [0, 0.05) is 127 Å². The molecule has 0 spiro atoms. The van der Waals surface area contributed by atoms with Crippen molar-refractivity contribution in [3.8, 4) is 23.0 Å². The monoisotopic (exact) mass is 1250 g/mol. The molecule has 92 heavy (non-hydrogen) atoms. The van der Waals surface area contributed by atoms with Crippen LogP contribution in [0.3, 0.4) is 0 Å². The van der Waals surface area contributed by atoms with Crippen molar-refractivity contribution in [3.63, 3.8) is 0 Å². The molecule has 0 saturated heterocycles. The molecule has 496 valence electrons. The normalized spacial score (nSPS) is 10.5. The van der Waals surface area contributed by atoms with Gasteiger partial charge >= 0.3 is 0 Å². The Bertz CT molecular complexity index is 2860. The first-order chi connectivity index (χ1) is 45.2. The van der Waals surface area contributed by atoms with E-state index < -0.39 is 0 Å². The summed E-state index contributed by atoms with van der Waals surface area (Å²) in [5.74, 6) is 3.59. The van der Waals surface area contributed by atoms with Gasteiger partial charge in [-0.3, -0.25) is 0 Å². The molecular formula is C80H108N4O8. The maximum atomic E-state index is 5.81. The molecule has 8 rings (SSSR count). The van der Waals surface area contributed by atoms with Gasteiger partial charge in [-0.2, -0.15) is 0 Å². The summed E-state index contributed by atoms with van der Waals surface area (Å²) in [7, 11) is 10.4. The lowest BCUT2D eigenvalue weighted by Crippen LogP contribution is -2.18. The van der Waals surface area contributed by atoms with Crippen LogP contribution in [-0.2, 0) is 18.9 Å². The number of aryl methyl sites for hydroxylation is 2. The minimum atomic E-state index is 0.774. The second-order valence-electron chi connectivity index (χ2n) is 22.5. The second-order valence-corrected chi connectivity index (χ2v) is 22.5. The van der Waals surface area contributed by atoms with E-state index in [0.717, 1.165) is 177 Å². The molecule has 0 N–H and O–H groups in total. The summed E-state index contributed by atoms with van der Waals surface area (Å²) in [6.45, 7) is 17.3. The molecule has 8 aromatic carbocycles. The highest BCUT2D eigenvalue weighted by molar-refractivity contribution is 5.67. The largest absolute Gasteiger partial charge is 0.497 e. The van der Waals surface area contributed by atoms with Gasteiger partial charge in [-0.25, -0.2) is 0 Å². The first kappa shape index (κ1) is 74.7. The van der Waals surface area contributed by atoms with E-state index in [1.54, 1.807) is 42.7 Å². The molecule has 0 aliphatic carbocycles. The summed E-state index contributed by atoms with van der Waals surface area (Å²) < 4.78 is 42.7. The third-order valence-electron chi connectivity index (χ3n) is 15.3. The van der Waals surface area contributed by atoms with Gasteiger partial charge in [0.1, 0.15) is 23.0 Å². The number of benzene rings is 8.